The van der Waals surface area contributed by atoms with Crippen LogP contribution in [0.4, 0.5) is 5.69 Å². The molecule has 4 aromatic rings. The van der Waals surface area contributed by atoms with Crippen LogP contribution in [0.2, 0.25) is 0 Å². The Labute approximate surface area is 170 Å². The summed E-state index contributed by atoms with van der Waals surface area (Å²) in [5.74, 6) is -0.182. The minimum Gasteiger partial charge on any atom is -0.374 e. The summed E-state index contributed by atoms with van der Waals surface area (Å²) in [6, 6.07) is 28.2. The molecule has 0 aromatic heterocycles. The Morgan fingerprint density at radius 1 is 0.793 bits per heavy atom. The maximum absolute atomic E-state index is 12.5. The van der Waals surface area contributed by atoms with Crippen LogP contribution >= 0.6 is 0 Å². The van der Waals surface area contributed by atoms with Crippen LogP contribution in [-0.4, -0.2) is 17.7 Å². The largest absolute Gasteiger partial charge is 0.374 e. The molecule has 4 nitrogen and oxygen atoms in total. The number of carbonyl (C=O) groups is 1. The first-order chi connectivity index (χ1) is 14.1. The molecule has 0 spiro atoms. The highest BCUT2D eigenvalue weighted by Crippen LogP contribution is 2.19. The highest BCUT2D eigenvalue weighted by Gasteiger charge is 2.12. The molecule has 4 aromatic carbocycles. The Bertz CT molecular complexity index is 1210. The van der Waals surface area contributed by atoms with Crippen LogP contribution < -0.4 is 10.7 Å². The molecule has 1 amide bonds. The number of hydrogen-bond acceptors (Lipinski definition) is 3. The average molecular weight is 381 g/mol. The number of amides is 1. The lowest BCUT2D eigenvalue weighted by atomic mass is 10.0. The van der Waals surface area contributed by atoms with Crippen LogP contribution in [-0.2, 0) is 4.79 Å². The van der Waals surface area contributed by atoms with Crippen molar-refractivity contribution in [1.29, 1.82) is 0 Å². The summed E-state index contributed by atoms with van der Waals surface area (Å²) >= 11 is 0. The second kappa shape index (κ2) is 8.15. The molecule has 0 unspecified atom stereocenters. The molecule has 1 atom stereocenters. The SMILES string of the molecule is C/C(=N\NC(=O)[C@@H](C)Nc1ccc2ccccc2c1)c1ccc2ccccc2c1. The van der Waals surface area contributed by atoms with Gasteiger partial charge in [-0.1, -0.05) is 66.7 Å². The number of anilines is 1. The van der Waals surface area contributed by atoms with Crippen molar-refractivity contribution in [2.75, 3.05) is 5.32 Å². The van der Waals surface area contributed by atoms with Crippen molar-refractivity contribution in [2.45, 2.75) is 19.9 Å². The van der Waals surface area contributed by atoms with Crippen molar-refractivity contribution in [3.8, 4) is 0 Å². The van der Waals surface area contributed by atoms with E-state index in [1.807, 2.05) is 62.4 Å². The highest BCUT2D eigenvalue weighted by atomic mass is 16.2. The molecule has 4 heteroatoms. The molecule has 4 rings (SSSR count). The van der Waals surface area contributed by atoms with Crippen molar-refractivity contribution in [2.24, 2.45) is 5.10 Å². The standard InChI is InChI=1S/C25H23N3O/c1-17(21-12-11-19-7-3-5-9-22(19)15-21)27-28-25(29)18(2)26-24-14-13-20-8-4-6-10-23(20)16-24/h3-16,18,26H,1-2H3,(H,28,29)/b27-17+/t18-/m1/s1. The fraction of sp³-hybridized carbons (Fsp3) is 0.120. The van der Waals surface area contributed by atoms with Crippen molar-refractivity contribution in [3.05, 3.63) is 90.5 Å². The molecule has 144 valence electrons. The first-order valence-corrected chi connectivity index (χ1v) is 9.69. The van der Waals surface area contributed by atoms with E-state index in [4.69, 9.17) is 0 Å². The molecule has 0 bridgehead atoms. The highest BCUT2D eigenvalue weighted by molar-refractivity contribution is 6.02. The second-order valence-corrected chi connectivity index (χ2v) is 7.16. The number of rotatable bonds is 5. The molecule has 0 aliphatic carbocycles. The van der Waals surface area contributed by atoms with Gasteiger partial charge in [0.05, 0.1) is 5.71 Å². The van der Waals surface area contributed by atoms with E-state index in [2.05, 4.69) is 52.2 Å². The summed E-state index contributed by atoms with van der Waals surface area (Å²) in [6.45, 7) is 3.72. The van der Waals surface area contributed by atoms with Gasteiger partial charge >= 0.3 is 0 Å². The third-order valence-corrected chi connectivity index (χ3v) is 5.03. The summed E-state index contributed by atoms with van der Waals surface area (Å²) in [7, 11) is 0. The number of nitrogens with zero attached hydrogens (tertiary/aromatic N) is 1. The van der Waals surface area contributed by atoms with E-state index in [0.29, 0.717) is 0 Å². The van der Waals surface area contributed by atoms with E-state index in [1.165, 1.54) is 10.8 Å². The molecule has 0 aliphatic heterocycles. The number of carbonyl (C=O) groups excluding carboxylic acids is 1. The molecule has 29 heavy (non-hydrogen) atoms. The lowest BCUT2D eigenvalue weighted by Crippen LogP contribution is -2.35. The van der Waals surface area contributed by atoms with Crippen molar-refractivity contribution < 1.29 is 4.79 Å². The molecular weight excluding hydrogens is 358 g/mol. The Morgan fingerprint density at radius 3 is 2.07 bits per heavy atom. The molecule has 2 N–H and O–H groups in total. The summed E-state index contributed by atoms with van der Waals surface area (Å²) < 4.78 is 0. The lowest BCUT2D eigenvalue weighted by Gasteiger charge is -2.14. The molecular formula is C25H23N3O. The minimum atomic E-state index is -0.413. The zero-order valence-corrected chi connectivity index (χ0v) is 16.5. The Balaban J connectivity index is 1.42. The van der Waals surface area contributed by atoms with Gasteiger partial charge in [0.1, 0.15) is 6.04 Å². The fourth-order valence-electron chi connectivity index (χ4n) is 3.31. The smallest absolute Gasteiger partial charge is 0.262 e. The Kier molecular flexibility index (Phi) is 5.25. The number of hydrazone groups is 1. The zero-order valence-electron chi connectivity index (χ0n) is 16.5. The van der Waals surface area contributed by atoms with Crippen LogP contribution in [0.15, 0.2) is 90.0 Å². The lowest BCUT2D eigenvalue weighted by molar-refractivity contribution is -0.121. The van der Waals surface area contributed by atoms with Gasteiger partial charge in [0, 0.05) is 5.69 Å². The summed E-state index contributed by atoms with van der Waals surface area (Å²) in [4.78, 5) is 12.5. The summed E-state index contributed by atoms with van der Waals surface area (Å²) in [6.07, 6.45) is 0. The molecule has 0 saturated carbocycles. The number of nitrogens with one attached hydrogen (secondary N) is 2. The molecule has 0 saturated heterocycles. The van der Waals surface area contributed by atoms with E-state index >= 15 is 0 Å². The van der Waals surface area contributed by atoms with E-state index in [-0.39, 0.29) is 5.91 Å². The Hall–Kier alpha value is -3.66. The van der Waals surface area contributed by atoms with Gasteiger partial charge in [-0.15, -0.1) is 0 Å². The first kappa shape index (κ1) is 18.7. The minimum absolute atomic E-state index is 0.182. The fourth-order valence-corrected chi connectivity index (χ4v) is 3.31. The van der Waals surface area contributed by atoms with Crippen LogP contribution in [0, 0.1) is 0 Å². The van der Waals surface area contributed by atoms with Crippen molar-refractivity contribution in [1.82, 2.24) is 5.43 Å². The molecule has 0 radical (unpaired) electrons. The predicted octanol–water partition coefficient (Wildman–Crippen LogP) is 5.33. The van der Waals surface area contributed by atoms with E-state index < -0.39 is 6.04 Å². The van der Waals surface area contributed by atoms with E-state index in [9.17, 15) is 4.79 Å². The number of fused-ring (bicyclic) bond motifs is 2. The van der Waals surface area contributed by atoms with Gasteiger partial charge in [-0.25, -0.2) is 5.43 Å². The molecule has 0 aliphatic rings. The van der Waals surface area contributed by atoms with E-state index in [1.54, 1.807) is 0 Å². The Morgan fingerprint density at radius 2 is 1.38 bits per heavy atom. The third-order valence-electron chi connectivity index (χ3n) is 5.03. The monoisotopic (exact) mass is 381 g/mol. The second-order valence-electron chi connectivity index (χ2n) is 7.16. The first-order valence-electron chi connectivity index (χ1n) is 9.69. The predicted molar refractivity (Wildman–Crippen MR) is 121 cm³/mol. The van der Waals surface area contributed by atoms with Gasteiger partial charge < -0.3 is 5.32 Å². The maximum Gasteiger partial charge on any atom is 0.262 e. The maximum atomic E-state index is 12.5. The average Bonchev–Trinajstić information content (AvgIpc) is 2.76. The van der Waals surface area contributed by atoms with Crippen LogP contribution in [0.25, 0.3) is 21.5 Å². The van der Waals surface area contributed by atoms with Gasteiger partial charge in [-0.05, 0) is 59.2 Å². The topological polar surface area (TPSA) is 53.5 Å². The molecule has 0 heterocycles. The third kappa shape index (κ3) is 4.27. The van der Waals surface area contributed by atoms with Gasteiger partial charge in [0.25, 0.3) is 5.91 Å². The molecule has 0 fully saturated rings. The van der Waals surface area contributed by atoms with Crippen molar-refractivity contribution in [3.63, 3.8) is 0 Å². The van der Waals surface area contributed by atoms with Gasteiger partial charge in [-0.3, -0.25) is 4.79 Å². The summed E-state index contributed by atoms with van der Waals surface area (Å²) in [5.41, 5.74) is 5.33. The summed E-state index contributed by atoms with van der Waals surface area (Å²) in [5, 5.41) is 12.2. The quantitative estimate of drug-likeness (QED) is 0.362. The zero-order chi connectivity index (χ0) is 20.2. The number of hydrogen-bond donors (Lipinski definition) is 2. The van der Waals surface area contributed by atoms with Crippen LogP contribution in [0.5, 0.6) is 0 Å². The number of benzene rings is 4. The van der Waals surface area contributed by atoms with Gasteiger partial charge in [0.15, 0.2) is 0 Å². The van der Waals surface area contributed by atoms with Crippen molar-refractivity contribution >= 4 is 38.9 Å². The van der Waals surface area contributed by atoms with Gasteiger partial charge in [-0.2, -0.15) is 5.10 Å². The van der Waals surface area contributed by atoms with Crippen LogP contribution in [0.3, 0.4) is 0 Å². The van der Waals surface area contributed by atoms with Gasteiger partial charge in [0.2, 0.25) is 0 Å². The van der Waals surface area contributed by atoms with Crippen LogP contribution in [0.1, 0.15) is 19.4 Å². The van der Waals surface area contributed by atoms with E-state index in [0.717, 1.165) is 27.7 Å². The normalized spacial score (nSPS) is 12.7.